The summed E-state index contributed by atoms with van der Waals surface area (Å²) in [6.45, 7) is 5.14. The first-order valence-corrected chi connectivity index (χ1v) is 5.97. The van der Waals surface area contributed by atoms with Crippen molar-refractivity contribution in [2.75, 3.05) is 20.1 Å². The third-order valence-corrected chi connectivity index (χ3v) is 2.83. The lowest BCUT2D eigenvalue weighted by Crippen LogP contribution is -2.16. The van der Waals surface area contributed by atoms with E-state index < -0.39 is 0 Å². The SMILES string of the molecule is CNCCCCNCc1csc(C)n1. The molecule has 1 aromatic rings. The van der Waals surface area contributed by atoms with Gasteiger partial charge in [-0.3, -0.25) is 0 Å². The van der Waals surface area contributed by atoms with E-state index >= 15 is 0 Å². The molecule has 80 valence electrons. The van der Waals surface area contributed by atoms with E-state index in [1.54, 1.807) is 11.3 Å². The van der Waals surface area contributed by atoms with Crippen molar-refractivity contribution in [1.29, 1.82) is 0 Å². The van der Waals surface area contributed by atoms with Gasteiger partial charge < -0.3 is 10.6 Å². The van der Waals surface area contributed by atoms with E-state index in [2.05, 4.69) is 21.0 Å². The first-order valence-electron chi connectivity index (χ1n) is 5.09. The van der Waals surface area contributed by atoms with Gasteiger partial charge in [0.1, 0.15) is 0 Å². The quantitative estimate of drug-likeness (QED) is 0.675. The summed E-state index contributed by atoms with van der Waals surface area (Å²) in [5, 5.41) is 9.80. The standard InChI is InChI=1S/C10H19N3S/c1-9-13-10(8-14-9)7-12-6-4-3-5-11-2/h8,11-12H,3-7H2,1-2H3. The summed E-state index contributed by atoms with van der Waals surface area (Å²) >= 11 is 1.72. The molecule has 1 rings (SSSR count). The van der Waals surface area contributed by atoms with Crippen LogP contribution in [-0.4, -0.2) is 25.1 Å². The molecular weight excluding hydrogens is 194 g/mol. The number of aromatic nitrogens is 1. The van der Waals surface area contributed by atoms with Crippen molar-refractivity contribution < 1.29 is 0 Å². The van der Waals surface area contributed by atoms with Gasteiger partial charge in [0.15, 0.2) is 0 Å². The lowest BCUT2D eigenvalue weighted by atomic mass is 10.3. The molecule has 0 amide bonds. The molecule has 0 aliphatic heterocycles. The van der Waals surface area contributed by atoms with Gasteiger partial charge >= 0.3 is 0 Å². The molecule has 0 spiro atoms. The lowest BCUT2D eigenvalue weighted by Gasteiger charge is -2.02. The van der Waals surface area contributed by atoms with Crippen molar-refractivity contribution in [3.05, 3.63) is 16.1 Å². The Bertz CT molecular complexity index is 247. The molecule has 0 saturated heterocycles. The summed E-state index contributed by atoms with van der Waals surface area (Å²) in [6.07, 6.45) is 2.46. The number of thiazole rings is 1. The van der Waals surface area contributed by atoms with E-state index in [9.17, 15) is 0 Å². The number of nitrogens with zero attached hydrogens (tertiary/aromatic N) is 1. The monoisotopic (exact) mass is 213 g/mol. The van der Waals surface area contributed by atoms with Gasteiger partial charge in [-0.1, -0.05) is 0 Å². The van der Waals surface area contributed by atoms with Crippen molar-refractivity contribution in [3.63, 3.8) is 0 Å². The van der Waals surface area contributed by atoms with Crippen LogP contribution in [0.3, 0.4) is 0 Å². The number of hydrogen-bond acceptors (Lipinski definition) is 4. The Morgan fingerprint density at radius 3 is 2.79 bits per heavy atom. The molecule has 0 unspecified atom stereocenters. The van der Waals surface area contributed by atoms with Crippen LogP contribution in [-0.2, 0) is 6.54 Å². The van der Waals surface area contributed by atoms with Crippen LogP contribution < -0.4 is 10.6 Å². The Balaban J connectivity index is 1.99. The van der Waals surface area contributed by atoms with Gasteiger partial charge in [0.2, 0.25) is 0 Å². The van der Waals surface area contributed by atoms with Gasteiger partial charge in [0.25, 0.3) is 0 Å². The van der Waals surface area contributed by atoms with Crippen LogP contribution in [0.5, 0.6) is 0 Å². The maximum absolute atomic E-state index is 4.39. The number of rotatable bonds is 7. The van der Waals surface area contributed by atoms with Crippen molar-refractivity contribution in [1.82, 2.24) is 15.6 Å². The predicted molar refractivity (Wildman–Crippen MR) is 61.7 cm³/mol. The third-order valence-electron chi connectivity index (χ3n) is 2.00. The van der Waals surface area contributed by atoms with Gasteiger partial charge in [-0.2, -0.15) is 0 Å². The fourth-order valence-electron chi connectivity index (χ4n) is 1.26. The Morgan fingerprint density at radius 2 is 2.14 bits per heavy atom. The minimum absolute atomic E-state index is 0.907. The first kappa shape index (κ1) is 11.6. The smallest absolute Gasteiger partial charge is 0.0897 e. The number of hydrogen-bond donors (Lipinski definition) is 2. The molecule has 4 heteroatoms. The fourth-order valence-corrected chi connectivity index (χ4v) is 1.87. The molecule has 14 heavy (non-hydrogen) atoms. The summed E-state index contributed by atoms with van der Waals surface area (Å²) in [5.74, 6) is 0. The zero-order valence-corrected chi connectivity index (χ0v) is 9.78. The molecule has 0 aromatic carbocycles. The molecule has 1 aromatic heterocycles. The Kier molecular flexibility index (Phi) is 5.75. The summed E-state index contributed by atoms with van der Waals surface area (Å²) in [4.78, 5) is 4.39. The van der Waals surface area contributed by atoms with Gasteiger partial charge in [-0.25, -0.2) is 4.98 Å². The molecule has 0 fully saturated rings. The van der Waals surface area contributed by atoms with E-state index in [1.807, 2.05) is 14.0 Å². The van der Waals surface area contributed by atoms with Gasteiger partial charge in [-0.15, -0.1) is 11.3 Å². The van der Waals surface area contributed by atoms with Crippen molar-refractivity contribution in [2.45, 2.75) is 26.3 Å². The fraction of sp³-hybridized carbons (Fsp3) is 0.700. The van der Waals surface area contributed by atoms with Gasteiger partial charge in [0.05, 0.1) is 10.7 Å². The van der Waals surface area contributed by atoms with Crippen LogP contribution in [0, 0.1) is 6.92 Å². The van der Waals surface area contributed by atoms with Crippen LogP contribution in [0.15, 0.2) is 5.38 Å². The maximum Gasteiger partial charge on any atom is 0.0897 e. The molecule has 3 nitrogen and oxygen atoms in total. The molecule has 2 N–H and O–H groups in total. The molecule has 1 heterocycles. The van der Waals surface area contributed by atoms with E-state index in [1.165, 1.54) is 18.5 Å². The molecule has 0 bridgehead atoms. The topological polar surface area (TPSA) is 37.0 Å². The van der Waals surface area contributed by atoms with Crippen LogP contribution in [0.1, 0.15) is 23.5 Å². The summed E-state index contributed by atoms with van der Waals surface area (Å²) in [6, 6.07) is 0. The Morgan fingerprint density at radius 1 is 1.36 bits per heavy atom. The highest BCUT2D eigenvalue weighted by molar-refractivity contribution is 7.09. The molecule has 0 aliphatic carbocycles. The van der Waals surface area contributed by atoms with Gasteiger partial charge in [-0.05, 0) is 39.9 Å². The number of aryl methyl sites for hydroxylation is 1. The average Bonchev–Trinajstić information content (AvgIpc) is 2.58. The highest BCUT2D eigenvalue weighted by Gasteiger charge is 1.96. The van der Waals surface area contributed by atoms with Crippen molar-refractivity contribution in [2.24, 2.45) is 0 Å². The van der Waals surface area contributed by atoms with Crippen LogP contribution in [0.2, 0.25) is 0 Å². The molecule has 0 radical (unpaired) electrons. The second-order valence-electron chi connectivity index (χ2n) is 3.35. The first-order chi connectivity index (χ1) is 6.83. The van der Waals surface area contributed by atoms with E-state index in [0.717, 1.165) is 24.6 Å². The van der Waals surface area contributed by atoms with E-state index in [0.29, 0.717) is 0 Å². The highest BCUT2D eigenvalue weighted by Crippen LogP contribution is 2.06. The summed E-state index contributed by atoms with van der Waals surface area (Å²) in [5.41, 5.74) is 1.17. The lowest BCUT2D eigenvalue weighted by molar-refractivity contribution is 0.601. The zero-order valence-electron chi connectivity index (χ0n) is 8.97. The predicted octanol–water partition coefficient (Wildman–Crippen LogP) is 1.54. The van der Waals surface area contributed by atoms with Crippen LogP contribution >= 0.6 is 11.3 Å². The second kappa shape index (κ2) is 6.92. The second-order valence-corrected chi connectivity index (χ2v) is 4.41. The van der Waals surface area contributed by atoms with Crippen molar-refractivity contribution >= 4 is 11.3 Å². The number of nitrogens with one attached hydrogen (secondary N) is 2. The minimum atomic E-state index is 0.907. The Labute approximate surface area is 89.9 Å². The summed E-state index contributed by atoms with van der Waals surface area (Å²) in [7, 11) is 1.99. The van der Waals surface area contributed by atoms with Crippen LogP contribution in [0.4, 0.5) is 0 Å². The maximum atomic E-state index is 4.39. The van der Waals surface area contributed by atoms with Gasteiger partial charge in [0, 0.05) is 11.9 Å². The zero-order chi connectivity index (χ0) is 10.2. The average molecular weight is 213 g/mol. The molecule has 0 saturated carbocycles. The molecule has 0 aliphatic rings. The largest absolute Gasteiger partial charge is 0.320 e. The number of unbranched alkanes of at least 4 members (excludes halogenated alkanes) is 1. The highest BCUT2D eigenvalue weighted by atomic mass is 32.1. The van der Waals surface area contributed by atoms with E-state index in [4.69, 9.17) is 0 Å². The molecular formula is C10H19N3S. The Hall–Kier alpha value is -0.450. The normalized spacial score (nSPS) is 10.7. The van der Waals surface area contributed by atoms with Crippen LogP contribution in [0.25, 0.3) is 0 Å². The molecule has 0 atom stereocenters. The van der Waals surface area contributed by atoms with Crippen molar-refractivity contribution in [3.8, 4) is 0 Å². The summed E-state index contributed by atoms with van der Waals surface area (Å²) < 4.78 is 0. The third kappa shape index (κ3) is 4.69. The minimum Gasteiger partial charge on any atom is -0.320 e. The van der Waals surface area contributed by atoms with E-state index in [-0.39, 0.29) is 0 Å².